The van der Waals surface area contributed by atoms with Crippen LogP contribution in [0.25, 0.3) is 11.3 Å². The Kier molecular flexibility index (Phi) is 6.78. The number of amides is 1. The van der Waals surface area contributed by atoms with E-state index < -0.39 is 0 Å². The number of benzene rings is 1. The summed E-state index contributed by atoms with van der Waals surface area (Å²) >= 11 is 2.87. The first kappa shape index (κ1) is 21.0. The molecule has 3 heterocycles. The van der Waals surface area contributed by atoms with E-state index in [-0.39, 0.29) is 11.7 Å². The monoisotopic (exact) mass is 445 g/mol. The van der Waals surface area contributed by atoms with E-state index in [4.69, 9.17) is 4.74 Å². The molecule has 0 bridgehead atoms. The van der Waals surface area contributed by atoms with Gasteiger partial charge in [0.2, 0.25) is 5.91 Å². The minimum Gasteiger partial charge on any atom is -0.370 e. The standard InChI is InChI=1S/C20H24N6O2S2/c1-14-18(15-6-4-3-5-7-15)22-19(30-14)21-17(27)13-29-20-24-23-16(25(20)2)12-26-8-10-28-11-9-26/h3-7H,8-13H2,1-2H3,(H,21,22,27)/p+1. The normalized spacial score (nSPS) is 14.7. The molecule has 8 nitrogen and oxygen atoms in total. The summed E-state index contributed by atoms with van der Waals surface area (Å²) in [5, 5.41) is 12.8. The number of carbonyl (C=O) groups excluding carboxylic acids is 1. The molecule has 10 heteroatoms. The summed E-state index contributed by atoms with van der Waals surface area (Å²) in [6.45, 7) is 6.38. The zero-order valence-electron chi connectivity index (χ0n) is 17.1. The zero-order valence-corrected chi connectivity index (χ0v) is 18.7. The van der Waals surface area contributed by atoms with Gasteiger partial charge >= 0.3 is 0 Å². The largest absolute Gasteiger partial charge is 0.370 e. The number of ether oxygens (including phenoxy) is 1. The summed E-state index contributed by atoms with van der Waals surface area (Å²) < 4.78 is 7.38. The molecule has 1 aliphatic rings. The number of nitrogens with one attached hydrogen (secondary N) is 2. The number of thioether (sulfide) groups is 1. The van der Waals surface area contributed by atoms with Crippen LogP contribution >= 0.6 is 23.1 Å². The predicted octanol–water partition coefficient (Wildman–Crippen LogP) is 1.39. The molecule has 1 aromatic carbocycles. The van der Waals surface area contributed by atoms with Gasteiger partial charge in [0.1, 0.15) is 19.6 Å². The van der Waals surface area contributed by atoms with Crippen molar-refractivity contribution in [3.63, 3.8) is 0 Å². The molecular weight excluding hydrogens is 420 g/mol. The number of anilines is 1. The molecule has 30 heavy (non-hydrogen) atoms. The fraction of sp³-hybridized carbons (Fsp3) is 0.400. The lowest BCUT2D eigenvalue weighted by molar-refractivity contribution is -0.922. The number of hydrogen-bond donors (Lipinski definition) is 2. The number of aromatic nitrogens is 4. The average Bonchev–Trinajstić information content (AvgIpc) is 3.30. The first-order chi connectivity index (χ1) is 14.6. The van der Waals surface area contributed by atoms with Crippen LogP contribution in [0, 0.1) is 6.92 Å². The molecule has 0 atom stereocenters. The number of nitrogens with zero attached hydrogens (tertiary/aromatic N) is 4. The molecule has 2 aromatic heterocycles. The molecule has 1 saturated heterocycles. The van der Waals surface area contributed by atoms with Crippen LogP contribution in [0.2, 0.25) is 0 Å². The van der Waals surface area contributed by atoms with Gasteiger partial charge in [-0.2, -0.15) is 0 Å². The molecule has 4 rings (SSSR count). The van der Waals surface area contributed by atoms with Crippen LogP contribution in [0.5, 0.6) is 0 Å². The van der Waals surface area contributed by atoms with Crippen LogP contribution in [0.3, 0.4) is 0 Å². The van der Waals surface area contributed by atoms with Crippen molar-refractivity contribution < 1.29 is 14.4 Å². The Morgan fingerprint density at radius 3 is 2.80 bits per heavy atom. The molecule has 0 unspecified atom stereocenters. The highest BCUT2D eigenvalue weighted by Crippen LogP contribution is 2.30. The fourth-order valence-corrected chi connectivity index (χ4v) is 4.87. The van der Waals surface area contributed by atoms with Crippen LogP contribution in [0.1, 0.15) is 10.7 Å². The number of hydrogen-bond acceptors (Lipinski definition) is 7. The summed E-state index contributed by atoms with van der Waals surface area (Å²) in [5.74, 6) is 1.09. The molecule has 1 fully saturated rings. The van der Waals surface area contributed by atoms with Crippen molar-refractivity contribution in [2.24, 2.45) is 7.05 Å². The van der Waals surface area contributed by atoms with Gasteiger partial charge in [-0.1, -0.05) is 42.1 Å². The molecule has 0 saturated carbocycles. The Hall–Kier alpha value is -2.27. The number of morpholine rings is 1. The van der Waals surface area contributed by atoms with E-state index in [1.165, 1.54) is 28.0 Å². The quantitative estimate of drug-likeness (QED) is 0.535. The highest BCUT2D eigenvalue weighted by molar-refractivity contribution is 7.99. The Labute approximate surface area is 183 Å². The summed E-state index contributed by atoms with van der Waals surface area (Å²) in [4.78, 5) is 19.6. The number of quaternary nitrogens is 1. The lowest BCUT2D eigenvalue weighted by atomic mass is 10.1. The van der Waals surface area contributed by atoms with Gasteiger partial charge in [-0.25, -0.2) is 4.98 Å². The van der Waals surface area contributed by atoms with Gasteiger partial charge < -0.3 is 19.5 Å². The first-order valence-corrected chi connectivity index (χ1v) is 11.7. The van der Waals surface area contributed by atoms with Crippen molar-refractivity contribution in [3.05, 3.63) is 41.0 Å². The number of thiazole rings is 1. The lowest BCUT2D eigenvalue weighted by Gasteiger charge is -2.23. The van der Waals surface area contributed by atoms with E-state index in [1.54, 1.807) is 0 Å². The third-order valence-corrected chi connectivity index (χ3v) is 6.86. The second-order valence-electron chi connectivity index (χ2n) is 7.12. The maximum absolute atomic E-state index is 12.4. The first-order valence-electron chi connectivity index (χ1n) is 9.85. The molecule has 0 spiro atoms. The number of rotatable bonds is 7. The van der Waals surface area contributed by atoms with E-state index >= 15 is 0 Å². The van der Waals surface area contributed by atoms with Crippen LogP contribution in [0.4, 0.5) is 5.13 Å². The molecule has 3 aromatic rings. The molecule has 2 N–H and O–H groups in total. The number of aryl methyl sites for hydroxylation is 1. The minimum atomic E-state index is -0.100. The minimum absolute atomic E-state index is 0.100. The molecule has 158 valence electrons. The summed E-state index contributed by atoms with van der Waals surface area (Å²) in [7, 11) is 1.95. The van der Waals surface area contributed by atoms with Crippen LogP contribution in [0.15, 0.2) is 35.5 Å². The highest BCUT2D eigenvalue weighted by Gasteiger charge is 2.19. The van der Waals surface area contributed by atoms with Gasteiger partial charge in [-0.15, -0.1) is 21.5 Å². The van der Waals surface area contributed by atoms with Crippen molar-refractivity contribution in [2.75, 3.05) is 37.4 Å². The van der Waals surface area contributed by atoms with Gasteiger partial charge in [-0.3, -0.25) is 4.79 Å². The van der Waals surface area contributed by atoms with Crippen molar-refractivity contribution >= 4 is 34.1 Å². The van der Waals surface area contributed by atoms with Gasteiger partial charge in [-0.05, 0) is 6.92 Å². The van der Waals surface area contributed by atoms with Crippen molar-refractivity contribution in [3.8, 4) is 11.3 Å². The van der Waals surface area contributed by atoms with Crippen molar-refractivity contribution in [2.45, 2.75) is 18.6 Å². The van der Waals surface area contributed by atoms with Crippen LogP contribution in [-0.2, 0) is 23.1 Å². The van der Waals surface area contributed by atoms with Crippen molar-refractivity contribution in [1.29, 1.82) is 0 Å². The molecule has 0 aliphatic carbocycles. The van der Waals surface area contributed by atoms with Gasteiger partial charge in [0.25, 0.3) is 0 Å². The van der Waals surface area contributed by atoms with Crippen molar-refractivity contribution in [1.82, 2.24) is 19.7 Å². The second kappa shape index (κ2) is 9.69. The van der Waals surface area contributed by atoms with Gasteiger partial charge in [0, 0.05) is 17.5 Å². The average molecular weight is 446 g/mol. The van der Waals surface area contributed by atoms with E-state index in [0.29, 0.717) is 5.13 Å². The second-order valence-corrected chi connectivity index (χ2v) is 9.27. The van der Waals surface area contributed by atoms with Gasteiger partial charge in [0.05, 0.1) is 24.7 Å². The fourth-order valence-electron chi connectivity index (χ4n) is 3.28. The maximum Gasteiger partial charge on any atom is 0.236 e. The van der Waals surface area contributed by atoms with E-state index in [1.807, 2.05) is 48.9 Å². The molecular formula is C20H25N6O2S2+. The van der Waals surface area contributed by atoms with Crippen LogP contribution in [-0.4, -0.2) is 57.7 Å². The summed E-state index contributed by atoms with van der Waals surface area (Å²) in [5.41, 5.74) is 1.96. The molecule has 1 amide bonds. The van der Waals surface area contributed by atoms with Crippen LogP contribution < -0.4 is 10.2 Å². The maximum atomic E-state index is 12.4. The third-order valence-electron chi connectivity index (χ3n) is 4.96. The summed E-state index contributed by atoms with van der Waals surface area (Å²) in [6, 6.07) is 9.99. The van der Waals surface area contributed by atoms with E-state index in [0.717, 1.165) is 60.0 Å². The Balaban J connectivity index is 1.32. The predicted molar refractivity (Wildman–Crippen MR) is 118 cm³/mol. The van der Waals surface area contributed by atoms with E-state index in [2.05, 4.69) is 20.5 Å². The van der Waals surface area contributed by atoms with E-state index in [9.17, 15) is 4.79 Å². The topological polar surface area (TPSA) is 86.4 Å². The zero-order chi connectivity index (χ0) is 20.9. The Morgan fingerprint density at radius 1 is 1.27 bits per heavy atom. The Morgan fingerprint density at radius 2 is 2.03 bits per heavy atom. The molecule has 1 aliphatic heterocycles. The number of carbonyl (C=O) groups is 1. The highest BCUT2D eigenvalue weighted by atomic mass is 32.2. The Bertz CT molecular complexity index is 998. The smallest absolute Gasteiger partial charge is 0.236 e. The van der Waals surface area contributed by atoms with Gasteiger partial charge in [0.15, 0.2) is 16.1 Å². The lowest BCUT2D eigenvalue weighted by Crippen LogP contribution is -3.12. The molecule has 0 radical (unpaired) electrons. The summed E-state index contributed by atoms with van der Waals surface area (Å²) in [6.07, 6.45) is 0. The third kappa shape index (κ3) is 5.07. The SMILES string of the molecule is Cc1sc(NC(=O)CSc2nnc(C[NH+]3CCOCC3)n2C)nc1-c1ccccc1.